The number of amides is 1. The van der Waals surface area contributed by atoms with Gasteiger partial charge in [0, 0.05) is 42.0 Å². The molecule has 1 aromatic carbocycles. The van der Waals surface area contributed by atoms with Crippen LogP contribution in [0.3, 0.4) is 0 Å². The van der Waals surface area contributed by atoms with Gasteiger partial charge < -0.3 is 15.6 Å². The fraction of sp³-hybridized carbons (Fsp3) is 0.412. The number of carbonyl (C=O) groups excluding carboxylic acids is 1. The van der Waals surface area contributed by atoms with Crippen LogP contribution in [0.15, 0.2) is 46.7 Å². The summed E-state index contributed by atoms with van der Waals surface area (Å²) in [7, 11) is 1.97. The van der Waals surface area contributed by atoms with Gasteiger partial charge >= 0.3 is 0 Å². The molecule has 1 aliphatic carbocycles. The predicted octanol–water partition coefficient (Wildman–Crippen LogP) is 3.45. The van der Waals surface area contributed by atoms with Crippen molar-refractivity contribution in [2.75, 3.05) is 5.32 Å². The van der Waals surface area contributed by atoms with E-state index in [0.717, 1.165) is 41.4 Å². The third-order valence-corrected chi connectivity index (χ3v) is 5.28. The van der Waals surface area contributed by atoms with Crippen molar-refractivity contribution >= 4 is 35.8 Å². The van der Waals surface area contributed by atoms with E-state index < -0.39 is 0 Å². The second-order valence-corrected chi connectivity index (χ2v) is 7.10. The van der Waals surface area contributed by atoms with Crippen LogP contribution in [0.1, 0.15) is 25.7 Å². The molecule has 1 heterocycles. The molecule has 24 heavy (non-hydrogen) atoms. The van der Waals surface area contributed by atoms with Crippen molar-refractivity contribution < 1.29 is 4.79 Å². The van der Waals surface area contributed by atoms with Gasteiger partial charge in [-0.05, 0) is 43.5 Å². The number of halogens is 1. The number of nitrogens with zero attached hydrogens (tertiary/aromatic N) is 2. The first-order chi connectivity index (χ1) is 11.1. The molecule has 1 saturated carbocycles. The second kappa shape index (κ2) is 8.55. The highest BCUT2D eigenvalue weighted by Crippen LogP contribution is 2.28. The van der Waals surface area contributed by atoms with Crippen LogP contribution in [0.4, 0.5) is 5.69 Å². The number of nitrogens with two attached hydrogens (primary N) is 1. The molecule has 1 aliphatic rings. The number of aromatic nitrogens is 2. The fourth-order valence-electron chi connectivity index (χ4n) is 2.87. The Morgan fingerprint density at radius 1 is 1.33 bits per heavy atom. The van der Waals surface area contributed by atoms with Crippen LogP contribution in [-0.4, -0.2) is 21.5 Å². The molecular formula is C17H23ClN4OS. The third kappa shape index (κ3) is 4.75. The lowest BCUT2D eigenvalue weighted by molar-refractivity contribution is -0.120. The fourth-order valence-corrected chi connectivity index (χ4v) is 3.67. The summed E-state index contributed by atoms with van der Waals surface area (Å²) >= 11 is 1.60. The highest BCUT2D eigenvalue weighted by atomic mass is 35.5. The molecule has 3 rings (SSSR count). The van der Waals surface area contributed by atoms with E-state index in [1.54, 1.807) is 18.0 Å². The topological polar surface area (TPSA) is 72.9 Å². The molecular weight excluding hydrogens is 344 g/mol. The molecule has 0 radical (unpaired) electrons. The molecule has 1 aromatic heterocycles. The van der Waals surface area contributed by atoms with Gasteiger partial charge in [0.25, 0.3) is 0 Å². The first-order valence-corrected chi connectivity index (χ1v) is 8.75. The summed E-state index contributed by atoms with van der Waals surface area (Å²) in [6.45, 7) is 0. The highest BCUT2D eigenvalue weighted by molar-refractivity contribution is 7.99. The van der Waals surface area contributed by atoms with E-state index in [1.165, 1.54) is 0 Å². The largest absolute Gasteiger partial charge is 0.329 e. The van der Waals surface area contributed by atoms with Gasteiger partial charge in [-0.3, -0.25) is 4.79 Å². The smallest absolute Gasteiger partial charge is 0.227 e. The van der Waals surface area contributed by atoms with Crippen molar-refractivity contribution in [2.24, 2.45) is 18.7 Å². The van der Waals surface area contributed by atoms with Gasteiger partial charge in [-0.1, -0.05) is 18.2 Å². The Morgan fingerprint density at radius 2 is 2.08 bits per heavy atom. The summed E-state index contributed by atoms with van der Waals surface area (Å²) in [5.41, 5.74) is 6.79. The van der Waals surface area contributed by atoms with E-state index in [9.17, 15) is 4.79 Å². The maximum Gasteiger partial charge on any atom is 0.227 e. The lowest BCUT2D eigenvalue weighted by atomic mass is 9.85. The molecule has 0 bridgehead atoms. The summed E-state index contributed by atoms with van der Waals surface area (Å²) in [6, 6.07) is 8.04. The van der Waals surface area contributed by atoms with Gasteiger partial charge in [-0.15, -0.1) is 12.4 Å². The Bertz CT molecular complexity index is 673. The summed E-state index contributed by atoms with van der Waals surface area (Å²) in [6.07, 6.45) is 7.50. The van der Waals surface area contributed by atoms with Gasteiger partial charge in [-0.2, -0.15) is 0 Å². The van der Waals surface area contributed by atoms with Gasteiger partial charge in [0.15, 0.2) is 5.16 Å². The van der Waals surface area contributed by atoms with Crippen LogP contribution in [0.25, 0.3) is 0 Å². The zero-order chi connectivity index (χ0) is 16.2. The van der Waals surface area contributed by atoms with Crippen molar-refractivity contribution in [3.8, 4) is 0 Å². The Labute approximate surface area is 152 Å². The number of anilines is 1. The summed E-state index contributed by atoms with van der Waals surface area (Å²) in [4.78, 5) is 17.7. The number of imidazole rings is 1. The number of benzene rings is 1. The molecule has 5 nitrogen and oxygen atoms in total. The van der Waals surface area contributed by atoms with Crippen molar-refractivity contribution in [3.05, 3.63) is 36.7 Å². The Morgan fingerprint density at radius 3 is 2.71 bits per heavy atom. The number of carbonyl (C=O) groups is 1. The number of aryl methyl sites for hydroxylation is 1. The molecule has 1 fully saturated rings. The average molecular weight is 367 g/mol. The van der Waals surface area contributed by atoms with Crippen LogP contribution >= 0.6 is 24.2 Å². The summed E-state index contributed by atoms with van der Waals surface area (Å²) in [5, 5.41) is 3.95. The van der Waals surface area contributed by atoms with E-state index in [0.29, 0.717) is 0 Å². The molecule has 130 valence electrons. The second-order valence-electron chi connectivity index (χ2n) is 6.06. The number of hydrogen-bond acceptors (Lipinski definition) is 4. The molecule has 7 heteroatoms. The summed E-state index contributed by atoms with van der Waals surface area (Å²) < 4.78 is 1.98. The van der Waals surface area contributed by atoms with E-state index >= 15 is 0 Å². The lowest BCUT2D eigenvalue weighted by Gasteiger charge is -2.25. The Kier molecular flexibility index (Phi) is 6.71. The van der Waals surface area contributed by atoms with Crippen LogP contribution in [0.5, 0.6) is 0 Å². The highest BCUT2D eigenvalue weighted by Gasteiger charge is 2.25. The van der Waals surface area contributed by atoms with Crippen LogP contribution in [-0.2, 0) is 11.8 Å². The normalized spacial score (nSPS) is 20.2. The zero-order valence-electron chi connectivity index (χ0n) is 13.6. The SMILES string of the molecule is Cl.Cn1ccnc1Sc1ccc(NC(=O)C2CCCC(N)C2)cc1. The third-order valence-electron chi connectivity index (χ3n) is 4.19. The zero-order valence-corrected chi connectivity index (χ0v) is 15.3. The first-order valence-electron chi connectivity index (χ1n) is 7.93. The Balaban J connectivity index is 0.00000208. The van der Waals surface area contributed by atoms with Crippen LogP contribution in [0.2, 0.25) is 0 Å². The maximum absolute atomic E-state index is 12.3. The van der Waals surface area contributed by atoms with E-state index in [2.05, 4.69) is 10.3 Å². The minimum absolute atomic E-state index is 0. The van der Waals surface area contributed by atoms with Crippen molar-refractivity contribution in [1.29, 1.82) is 0 Å². The quantitative estimate of drug-likeness (QED) is 0.869. The molecule has 2 aromatic rings. The number of rotatable bonds is 4. The lowest BCUT2D eigenvalue weighted by Crippen LogP contribution is -2.34. The molecule has 2 unspecified atom stereocenters. The monoisotopic (exact) mass is 366 g/mol. The van der Waals surface area contributed by atoms with Crippen LogP contribution in [0, 0.1) is 5.92 Å². The van der Waals surface area contributed by atoms with Crippen molar-refractivity contribution in [2.45, 2.75) is 41.8 Å². The van der Waals surface area contributed by atoms with E-state index in [4.69, 9.17) is 5.73 Å². The average Bonchev–Trinajstić information content (AvgIpc) is 2.94. The minimum atomic E-state index is 0. The predicted molar refractivity (Wildman–Crippen MR) is 99.6 cm³/mol. The van der Waals surface area contributed by atoms with E-state index in [-0.39, 0.29) is 30.3 Å². The minimum Gasteiger partial charge on any atom is -0.329 e. The van der Waals surface area contributed by atoms with Gasteiger partial charge in [0.1, 0.15) is 0 Å². The van der Waals surface area contributed by atoms with Gasteiger partial charge in [0.05, 0.1) is 0 Å². The molecule has 1 amide bonds. The molecule has 2 atom stereocenters. The van der Waals surface area contributed by atoms with Crippen molar-refractivity contribution in [1.82, 2.24) is 9.55 Å². The van der Waals surface area contributed by atoms with Gasteiger partial charge in [0.2, 0.25) is 5.91 Å². The number of hydrogen-bond donors (Lipinski definition) is 2. The first kappa shape index (κ1) is 18.8. The van der Waals surface area contributed by atoms with E-state index in [1.807, 2.05) is 42.1 Å². The van der Waals surface area contributed by atoms with Crippen LogP contribution < -0.4 is 11.1 Å². The molecule has 0 aliphatic heterocycles. The molecule has 3 N–H and O–H groups in total. The molecule has 0 spiro atoms. The number of nitrogens with one attached hydrogen (secondary N) is 1. The standard InChI is InChI=1S/C17H22N4OS.ClH/c1-21-10-9-19-17(21)23-15-7-5-14(6-8-15)20-16(22)12-3-2-4-13(18)11-12;/h5-10,12-13H,2-4,11,18H2,1H3,(H,20,22);1H. The molecule has 0 saturated heterocycles. The maximum atomic E-state index is 12.3. The summed E-state index contributed by atoms with van der Waals surface area (Å²) in [5.74, 6) is 0.130. The van der Waals surface area contributed by atoms with Gasteiger partial charge in [-0.25, -0.2) is 4.98 Å². The van der Waals surface area contributed by atoms with Crippen molar-refractivity contribution in [3.63, 3.8) is 0 Å². The Hall–Kier alpha value is -1.50.